The summed E-state index contributed by atoms with van der Waals surface area (Å²) in [7, 11) is 1.62. The van der Waals surface area contributed by atoms with E-state index in [0.29, 0.717) is 17.3 Å². The number of aromatic nitrogens is 2. The molecule has 2 heterocycles. The first kappa shape index (κ1) is 23.0. The predicted molar refractivity (Wildman–Crippen MR) is 131 cm³/mol. The Kier molecular flexibility index (Phi) is 5.28. The summed E-state index contributed by atoms with van der Waals surface area (Å²) in [4.78, 5) is 20.1. The zero-order chi connectivity index (χ0) is 25.2. The highest BCUT2D eigenvalue weighted by atomic mass is 19.1. The maximum atomic E-state index is 15.3. The van der Waals surface area contributed by atoms with E-state index in [-0.39, 0.29) is 41.5 Å². The lowest BCUT2D eigenvalue weighted by molar-refractivity contribution is -0.139. The topological polar surface area (TPSA) is 81.5 Å². The molecule has 1 N–H and O–H groups in total. The van der Waals surface area contributed by atoms with Gasteiger partial charge >= 0.3 is 5.97 Å². The maximum absolute atomic E-state index is 15.3. The van der Waals surface area contributed by atoms with E-state index in [9.17, 15) is 9.90 Å². The van der Waals surface area contributed by atoms with Crippen molar-refractivity contribution in [3.63, 3.8) is 0 Å². The Balaban J connectivity index is 1.28. The van der Waals surface area contributed by atoms with Gasteiger partial charge in [0.15, 0.2) is 0 Å². The van der Waals surface area contributed by atoms with Crippen molar-refractivity contribution in [1.82, 2.24) is 9.97 Å². The summed E-state index contributed by atoms with van der Waals surface area (Å²) in [5.41, 5.74) is 5.54. The van der Waals surface area contributed by atoms with Gasteiger partial charge in [-0.2, -0.15) is 0 Å². The fourth-order valence-electron chi connectivity index (χ4n) is 6.42. The molecule has 3 aliphatic carbocycles. The van der Waals surface area contributed by atoms with Gasteiger partial charge in [-0.25, -0.2) is 14.4 Å². The van der Waals surface area contributed by atoms with E-state index in [4.69, 9.17) is 9.47 Å². The van der Waals surface area contributed by atoms with Crippen LogP contribution in [0.15, 0.2) is 42.7 Å². The average Bonchev–Trinajstić information content (AvgIpc) is 3.46. The molecule has 1 fully saturated rings. The third-order valence-electron chi connectivity index (χ3n) is 8.39. The highest BCUT2D eigenvalue weighted by Crippen LogP contribution is 2.61. The molecule has 6 rings (SSSR count). The van der Waals surface area contributed by atoms with Crippen molar-refractivity contribution in [2.75, 3.05) is 7.11 Å². The molecule has 7 heteroatoms. The summed E-state index contributed by atoms with van der Waals surface area (Å²) in [6.07, 6.45) is 6.03. The number of halogens is 1. The minimum Gasteiger partial charge on any atom is -0.481 e. The van der Waals surface area contributed by atoms with Gasteiger partial charge in [-0.15, -0.1) is 0 Å². The zero-order valence-corrected chi connectivity index (χ0v) is 20.6. The number of rotatable bonds is 6. The van der Waals surface area contributed by atoms with Crippen LogP contribution in [0.2, 0.25) is 0 Å². The number of fused-ring (bicyclic) bond motifs is 4. The zero-order valence-electron chi connectivity index (χ0n) is 20.6. The summed E-state index contributed by atoms with van der Waals surface area (Å²) in [6.45, 7) is 4.38. The number of benzene rings is 1. The Morgan fingerprint density at radius 3 is 2.81 bits per heavy atom. The Labute approximate surface area is 209 Å². The van der Waals surface area contributed by atoms with Gasteiger partial charge in [-0.1, -0.05) is 19.9 Å². The maximum Gasteiger partial charge on any atom is 0.307 e. The lowest BCUT2D eigenvalue weighted by Gasteiger charge is -2.38. The molecular weight excluding hydrogens is 459 g/mol. The minimum atomic E-state index is -0.732. The van der Waals surface area contributed by atoms with Crippen LogP contribution < -0.4 is 9.47 Å². The fourth-order valence-corrected chi connectivity index (χ4v) is 6.42. The summed E-state index contributed by atoms with van der Waals surface area (Å²) < 4.78 is 26.8. The molecule has 1 saturated carbocycles. The van der Waals surface area contributed by atoms with Crippen LogP contribution in [0.1, 0.15) is 71.9 Å². The lowest BCUT2D eigenvalue weighted by Crippen LogP contribution is -2.27. The van der Waals surface area contributed by atoms with E-state index < -0.39 is 5.97 Å². The van der Waals surface area contributed by atoms with Gasteiger partial charge in [-0.3, -0.25) is 4.79 Å². The fraction of sp³-hybridized carbons (Fsp3) is 0.414. The number of pyridine rings is 2. The first-order valence-corrected chi connectivity index (χ1v) is 12.4. The van der Waals surface area contributed by atoms with E-state index >= 15 is 4.39 Å². The standard InChI is InChI=1S/C29H29FN2O4/c1-29(2)7-6-17(18-5-4-8-31-27(18)35-3)19-10-16(23(30)12-22(19)29)14-36-24-11-15-9-20-25(21(15)13-32-24)26(20)28(33)34/h4-5,8,10-13,17,20,25-26H,6-7,9,14H2,1-3H3,(H,33,34)/t17?,20-,25?,26+/m1/s1. The van der Waals surface area contributed by atoms with Crippen molar-refractivity contribution in [2.45, 2.75) is 57.0 Å². The number of carboxylic acid groups (broad SMARTS) is 1. The van der Waals surface area contributed by atoms with Crippen LogP contribution >= 0.6 is 0 Å². The summed E-state index contributed by atoms with van der Waals surface area (Å²) in [6, 6.07) is 9.42. The van der Waals surface area contributed by atoms with Crippen LogP contribution in [-0.2, 0) is 23.2 Å². The Morgan fingerprint density at radius 1 is 1.19 bits per heavy atom. The van der Waals surface area contributed by atoms with Crippen molar-refractivity contribution < 1.29 is 23.8 Å². The number of nitrogens with zero attached hydrogens (tertiary/aromatic N) is 2. The number of hydrogen-bond donors (Lipinski definition) is 1. The van der Waals surface area contributed by atoms with E-state index in [0.717, 1.165) is 47.1 Å². The molecule has 2 aromatic heterocycles. The normalized spacial score (nSPS) is 24.9. The largest absolute Gasteiger partial charge is 0.481 e. The first-order valence-electron chi connectivity index (χ1n) is 12.4. The number of aliphatic carboxylic acids is 1. The molecule has 4 atom stereocenters. The second-order valence-corrected chi connectivity index (χ2v) is 10.9. The van der Waals surface area contributed by atoms with E-state index in [1.165, 1.54) is 0 Å². The summed E-state index contributed by atoms with van der Waals surface area (Å²) >= 11 is 0. The van der Waals surface area contributed by atoms with Gasteiger partial charge in [0.1, 0.15) is 12.4 Å². The monoisotopic (exact) mass is 488 g/mol. The SMILES string of the molecule is COc1ncccc1C1CCC(C)(C)c2cc(F)c(COc3cc4c(cn3)C3[C@@H](C4)[C@@H]3C(=O)O)cc21. The van der Waals surface area contributed by atoms with Crippen molar-refractivity contribution >= 4 is 5.97 Å². The average molecular weight is 489 g/mol. The number of ether oxygens (including phenoxy) is 2. The molecule has 1 aromatic carbocycles. The van der Waals surface area contributed by atoms with Crippen molar-refractivity contribution in [1.29, 1.82) is 0 Å². The van der Waals surface area contributed by atoms with Crippen LogP contribution in [-0.4, -0.2) is 28.2 Å². The van der Waals surface area contributed by atoms with Crippen LogP contribution in [0.5, 0.6) is 11.8 Å². The van der Waals surface area contributed by atoms with E-state index in [1.807, 2.05) is 24.3 Å². The molecule has 0 aliphatic heterocycles. The molecule has 186 valence electrons. The van der Waals surface area contributed by atoms with E-state index in [1.54, 1.807) is 25.6 Å². The van der Waals surface area contributed by atoms with Gasteiger partial charge in [0.25, 0.3) is 0 Å². The number of methoxy groups -OCH3 is 1. The number of carbonyl (C=O) groups is 1. The van der Waals surface area contributed by atoms with Crippen molar-refractivity contribution in [3.8, 4) is 11.8 Å². The Hall–Kier alpha value is -3.48. The van der Waals surface area contributed by atoms with Gasteiger partial charge < -0.3 is 14.6 Å². The summed E-state index contributed by atoms with van der Waals surface area (Å²) in [5.74, 6) is 0.0240. The third-order valence-corrected chi connectivity index (χ3v) is 8.39. The molecule has 0 amide bonds. The van der Waals surface area contributed by atoms with Gasteiger partial charge in [0, 0.05) is 41.4 Å². The van der Waals surface area contributed by atoms with Crippen LogP contribution in [0, 0.1) is 17.7 Å². The molecule has 36 heavy (non-hydrogen) atoms. The lowest BCUT2D eigenvalue weighted by atomic mass is 9.67. The van der Waals surface area contributed by atoms with Crippen LogP contribution in [0.4, 0.5) is 4.39 Å². The second-order valence-electron chi connectivity index (χ2n) is 10.9. The molecule has 0 radical (unpaired) electrons. The Morgan fingerprint density at radius 2 is 2.03 bits per heavy atom. The highest BCUT2D eigenvalue weighted by Gasteiger charge is 2.60. The molecule has 3 aromatic rings. The van der Waals surface area contributed by atoms with Gasteiger partial charge in [0.05, 0.1) is 13.0 Å². The van der Waals surface area contributed by atoms with Gasteiger partial charge in [0.2, 0.25) is 11.8 Å². The molecule has 6 nitrogen and oxygen atoms in total. The molecule has 0 bridgehead atoms. The van der Waals surface area contributed by atoms with Crippen LogP contribution in [0.3, 0.4) is 0 Å². The summed E-state index contributed by atoms with van der Waals surface area (Å²) in [5, 5.41) is 9.32. The van der Waals surface area contributed by atoms with E-state index in [2.05, 4.69) is 23.8 Å². The first-order chi connectivity index (χ1) is 17.3. The molecule has 3 aliphatic rings. The van der Waals surface area contributed by atoms with Crippen molar-refractivity contribution in [3.05, 3.63) is 81.9 Å². The number of carboxylic acids is 1. The number of hydrogen-bond acceptors (Lipinski definition) is 5. The van der Waals surface area contributed by atoms with Crippen LogP contribution in [0.25, 0.3) is 0 Å². The smallest absolute Gasteiger partial charge is 0.307 e. The Bertz CT molecular complexity index is 1370. The van der Waals surface area contributed by atoms with Crippen molar-refractivity contribution in [2.24, 2.45) is 11.8 Å². The quantitative estimate of drug-likeness (QED) is 0.502. The second kappa shape index (κ2) is 8.29. The predicted octanol–water partition coefficient (Wildman–Crippen LogP) is 5.38. The third kappa shape index (κ3) is 3.64. The molecule has 2 unspecified atom stereocenters. The molecule has 0 spiro atoms. The van der Waals surface area contributed by atoms with Gasteiger partial charge in [-0.05, 0) is 71.0 Å². The highest BCUT2D eigenvalue weighted by molar-refractivity contribution is 5.77. The molecule has 0 saturated heterocycles. The molecular formula is C29H29FN2O4. The minimum absolute atomic E-state index is 0.0584.